The van der Waals surface area contributed by atoms with Crippen molar-refractivity contribution in [3.63, 3.8) is 0 Å². The van der Waals surface area contributed by atoms with Crippen LogP contribution >= 0.6 is 11.6 Å². The number of methoxy groups -OCH3 is 1. The Balaban J connectivity index is 2.94. The fraction of sp³-hybridized carbons (Fsp3) is 0.455. The molecule has 0 bridgehead atoms. The van der Waals surface area contributed by atoms with Gasteiger partial charge in [-0.3, -0.25) is 0 Å². The summed E-state index contributed by atoms with van der Waals surface area (Å²) in [6.45, 7) is -0.170. The Kier molecular flexibility index (Phi) is 5.50. The van der Waals surface area contributed by atoms with E-state index in [1.165, 1.54) is 7.11 Å². The smallest absolute Gasteiger partial charge is 0.165 e. The third-order valence-corrected chi connectivity index (χ3v) is 2.39. The van der Waals surface area contributed by atoms with Crippen molar-refractivity contribution < 1.29 is 19.7 Å². The lowest BCUT2D eigenvalue weighted by Gasteiger charge is -2.16. The molecule has 0 aliphatic heterocycles. The van der Waals surface area contributed by atoms with Crippen LogP contribution in [-0.2, 0) is 6.54 Å². The largest absolute Gasteiger partial charge is 0.493 e. The second-order valence-corrected chi connectivity index (χ2v) is 3.88. The minimum absolute atomic E-state index is 0.0402. The van der Waals surface area contributed by atoms with Gasteiger partial charge in [0.1, 0.15) is 12.7 Å². The number of hydrogen-bond donors (Lipinski definition) is 3. The van der Waals surface area contributed by atoms with E-state index in [-0.39, 0.29) is 19.8 Å². The minimum atomic E-state index is -0.944. The van der Waals surface area contributed by atoms with Crippen molar-refractivity contribution in [3.05, 3.63) is 22.7 Å². The summed E-state index contributed by atoms with van der Waals surface area (Å²) in [5.74, 6) is 0.884. The number of hydrogen-bond acceptors (Lipinski definition) is 5. The summed E-state index contributed by atoms with van der Waals surface area (Å²) in [5.41, 5.74) is 6.26. The van der Waals surface area contributed by atoms with E-state index in [9.17, 15) is 5.11 Å². The molecule has 17 heavy (non-hydrogen) atoms. The van der Waals surface area contributed by atoms with Gasteiger partial charge in [-0.2, -0.15) is 0 Å². The number of benzene rings is 1. The number of aliphatic hydroxyl groups excluding tert-OH is 2. The Labute approximate surface area is 105 Å². The topological polar surface area (TPSA) is 84.9 Å². The van der Waals surface area contributed by atoms with Crippen LogP contribution in [0.15, 0.2) is 12.1 Å². The highest BCUT2D eigenvalue weighted by Gasteiger charge is 2.13. The van der Waals surface area contributed by atoms with E-state index in [2.05, 4.69) is 0 Å². The summed E-state index contributed by atoms with van der Waals surface area (Å²) in [5, 5.41) is 18.4. The lowest BCUT2D eigenvalue weighted by Crippen LogP contribution is -2.22. The summed E-state index contributed by atoms with van der Waals surface area (Å²) >= 11 is 5.89. The number of nitrogens with two attached hydrogens (primary N) is 1. The van der Waals surface area contributed by atoms with Crippen LogP contribution in [-0.4, -0.2) is 36.6 Å². The first-order valence-corrected chi connectivity index (χ1v) is 5.48. The van der Waals surface area contributed by atoms with Gasteiger partial charge in [0.05, 0.1) is 13.7 Å². The van der Waals surface area contributed by atoms with Crippen LogP contribution in [0, 0.1) is 0 Å². The molecule has 0 radical (unpaired) electrons. The molecule has 1 aromatic carbocycles. The Morgan fingerprint density at radius 2 is 2.18 bits per heavy atom. The van der Waals surface area contributed by atoms with Crippen LogP contribution in [0.25, 0.3) is 0 Å². The zero-order valence-electron chi connectivity index (χ0n) is 9.52. The number of ether oxygens (including phenoxy) is 2. The van der Waals surface area contributed by atoms with E-state index in [4.69, 9.17) is 31.9 Å². The molecule has 0 saturated carbocycles. The lowest BCUT2D eigenvalue weighted by atomic mass is 10.2. The molecule has 4 N–H and O–H groups in total. The fourth-order valence-corrected chi connectivity index (χ4v) is 1.55. The Hall–Kier alpha value is -1.01. The van der Waals surface area contributed by atoms with E-state index in [0.29, 0.717) is 22.1 Å². The van der Waals surface area contributed by atoms with Gasteiger partial charge in [0, 0.05) is 23.2 Å². The molecule has 96 valence electrons. The molecular formula is C11H16ClNO4. The highest BCUT2D eigenvalue weighted by atomic mass is 35.5. The molecule has 0 aromatic heterocycles. The Morgan fingerprint density at radius 3 is 2.71 bits per heavy atom. The average Bonchev–Trinajstić information content (AvgIpc) is 2.35. The van der Waals surface area contributed by atoms with E-state index in [0.717, 1.165) is 0 Å². The van der Waals surface area contributed by atoms with Gasteiger partial charge in [-0.1, -0.05) is 11.6 Å². The highest BCUT2D eigenvalue weighted by molar-refractivity contribution is 6.30. The average molecular weight is 262 g/mol. The van der Waals surface area contributed by atoms with Crippen molar-refractivity contribution in [3.8, 4) is 11.5 Å². The first-order valence-electron chi connectivity index (χ1n) is 5.10. The summed E-state index contributed by atoms with van der Waals surface area (Å²) in [6, 6.07) is 3.27. The molecule has 0 aliphatic carbocycles. The number of halogens is 1. The van der Waals surface area contributed by atoms with Crippen LogP contribution in [0.2, 0.25) is 5.02 Å². The van der Waals surface area contributed by atoms with Crippen LogP contribution in [0.4, 0.5) is 0 Å². The second kappa shape index (κ2) is 6.66. The molecule has 0 spiro atoms. The molecular weight excluding hydrogens is 246 g/mol. The van der Waals surface area contributed by atoms with Crippen LogP contribution in [0.5, 0.6) is 11.5 Å². The summed E-state index contributed by atoms with van der Waals surface area (Å²) in [4.78, 5) is 0. The molecule has 0 saturated heterocycles. The molecule has 0 fully saturated rings. The van der Waals surface area contributed by atoms with Gasteiger partial charge in [-0.05, 0) is 6.07 Å². The van der Waals surface area contributed by atoms with Crippen LogP contribution in [0.1, 0.15) is 5.56 Å². The molecule has 0 aliphatic rings. The molecule has 1 atom stereocenters. The zero-order valence-corrected chi connectivity index (χ0v) is 10.3. The van der Waals surface area contributed by atoms with Crippen LogP contribution in [0.3, 0.4) is 0 Å². The van der Waals surface area contributed by atoms with Crippen molar-refractivity contribution in [1.29, 1.82) is 0 Å². The third-order valence-electron chi connectivity index (χ3n) is 2.17. The maximum Gasteiger partial charge on any atom is 0.165 e. The molecule has 0 heterocycles. The van der Waals surface area contributed by atoms with Gasteiger partial charge in [0.2, 0.25) is 0 Å². The zero-order chi connectivity index (χ0) is 12.8. The van der Waals surface area contributed by atoms with Crippen molar-refractivity contribution in [1.82, 2.24) is 0 Å². The van der Waals surface area contributed by atoms with Gasteiger partial charge < -0.3 is 25.4 Å². The van der Waals surface area contributed by atoms with Gasteiger partial charge in [0.15, 0.2) is 11.5 Å². The molecule has 6 heteroatoms. The molecule has 1 rings (SSSR count). The quantitative estimate of drug-likeness (QED) is 0.696. The van der Waals surface area contributed by atoms with Crippen LogP contribution < -0.4 is 15.2 Å². The first-order chi connectivity index (χ1) is 8.12. The predicted molar refractivity (Wildman–Crippen MR) is 64.5 cm³/mol. The van der Waals surface area contributed by atoms with Gasteiger partial charge >= 0.3 is 0 Å². The fourth-order valence-electron chi connectivity index (χ4n) is 1.32. The minimum Gasteiger partial charge on any atom is -0.493 e. The first kappa shape index (κ1) is 14.1. The summed E-state index contributed by atoms with van der Waals surface area (Å²) < 4.78 is 10.5. The SMILES string of the molecule is COc1cc(Cl)cc(CN)c1OCC(O)CO. The normalized spacial score (nSPS) is 12.3. The predicted octanol–water partition coefficient (Wildman–Crippen LogP) is 0.539. The van der Waals surface area contributed by atoms with Crippen molar-refractivity contribution in [2.45, 2.75) is 12.6 Å². The lowest BCUT2D eigenvalue weighted by molar-refractivity contribution is 0.0524. The third kappa shape index (κ3) is 3.74. The van der Waals surface area contributed by atoms with Gasteiger partial charge in [-0.15, -0.1) is 0 Å². The maximum atomic E-state index is 9.23. The second-order valence-electron chi connectivity index (χ2n) is 3.45. The van der Waals surface area contributed by atoms with E-state index >= 15 is 0 Å². The van der Waals surface area contributed by atoms with Crippen molar-refractivity contribution in [2.75, 3.05) is 20.3 Å². The van der Waals surface area contributed by atoms with Gasteiger partial charge in [0.25, 0.3) is 0 Å². The van der Waals surface area contributed by atoms with E-state index in [1.807, 2.05) is 0 Å². The maximum absolute atomic E-state index is 9.23. The highest BCUT2D eigenvalue weighted by Crippen LogP contribution is 2.34. The van der Waals surface area contributed by atoms with E-state index in [1.54, 1.807) is 12.1 Å². The molecule has 1 aromatic rings. The Bertz CT molecular complexity index is 347. The van der Waals surface area contributed by atoms with Crippen molar-refractivity contribution >= 4 is 11.6 Å². The monoisotopic (exact) mass is 261 g/mol. The number of aliphatic hydroxyl groups is 2. The van der Waals surface area contributed by atoms with Gasteiger partial charge in [-0.25, -0.2) is 0 Å². The summed E-state index contributed by atoms with van der Waals surface area (Å²) in [6.07, 6.45) is -0.944. The molecule has 0 amide bonds. The Morgan fingerprint density at radius 1 is 1.47 bits per heavy atom. The van der Waals surface area contributed by atoms with E-state index < -0.39 is 6.10 Å². The number of rotatable bonds is 6. The summed E-state index contributed by atoms with van der Waals surface area (Å²) in [7, 11) is 1.49. The molecule has 1 unspecified atom stereocenters. The van der Waals surface area contributed by atoms with Crippen molar-refractivity contribution in [2.24, 2.45) is 5.73 Å². The molecule has 5 nitrogen and oxygen atoms in total. The standard InChI is InChI=1S/C11H16ClNO4/c1-16-10-3-8(12)2-7(4-13)11(10)17-6-9(15)5-14/h2-3,9,14-15H,4-6,13H2,1H3.